The van der Waals surface area contributed by atoms with Crippen LogP contribution >= 0.6 is 0 Å². The lowest BCUT2D eigenvalue weighted by atomic mass is 10.2. The summed E-state index contributed by atoms with van der Waals surface area (Å²) in [5.41, 5.74) is 1.45. The lowest BCUT2D eigenvalue weighted by molar-refractivity contribution is 0.0979. The Balaban J connectivity index is 1.95. The minimum Gasteiger partial charge on any atom is -0.287 e. The normalized spacial score (nSPS) is 10.2. The van der Waals surface area contributed by atoms with Crippen LogP contribution in [0.4, 0.5) is 5.82 Å². The van der Waals surface area contributed by atoms with Crippen LogP contribution in [0.25, 0.3) is 0 Å². The van der Waals surface area contributed by atoms with Gasteiger partial charge in [0.2, 0.25) is 0 Å². The predicted octanol–water partition coefficient (Wildman–Crippen LogP) is 3.32. The molecule has 0 atom stereocenters. The summed E-state index contributed by atoms with van der Waals surface area (Å²) in [6, 6.07) is 20.7. The summed E-state index contributed by atoms with van der Waals surface area (Å²) in [6.45, 7) is 0.452. The third kappa shape index (κ3) is 3.17. The van der Waals surface area contributed by atoms with Crippen LogP contribution in [0.1, 0.15) is 16.1 Å². The molecule has 3 rings (SSSR count). The van der Waals surface area contributed by atoms with Crippen LogP contribution in [0.5, 0.6) is 0 Å². The van der Waals surface area contributed by atoms with E-state index < -0.39 is 0 Å². The third-order valence-corrected chi connectivity index (χ3v) is 3.24. The average Bonchev–Trinajstić information content (AvgIpc) is 2.61. The van der Waals surface area contributed by atoms with Gasteiger partial charge < -0.3 is 0 Å². The zero-order chi connectivity index (χ0) is 15.2. The maximum atomic E-state index is 12.8. The predicted molar refractivity (Wildman–Crippen MR) is 85.4 cm³/mol. The molecule has 0 aliphatic carbocycles. The minimum atomic E-state index is -0.164. The van der Waals surface area contributed by atoms with E-state index in [2.05, 4.69) is 9.97 Å². The second-order valence-electron chi connectivity index (χ2n) is 4.78. The van der Waals surface area contributed by atoms with Crippen molar-refractivity contribution >= 4 is 11.7 Å². The van der Waals surface area contributed by atoms with E-state index >= 15 is 0 Å². The Morgan fingerprint density at radius 1 is 0.818 bits per heavy atom. The first-order valence-corrected chi connectivity index (χ1v) is 7.02. The minimum absolute atomic E-state index is 0.164. The quantitative estimate of drug-likeness (QED) is 0.740. The summed E-state index contributed by atoms with van der Waals surface area (Å²) in [5, 5.41) is 0. The molecule has 1 amide bonds. The molecule has 0 bridgehead atoms. The molecule has 4 nitrogen and oxygen atoms in total. The van der Waals surface area contributed by atoms with Crippen LogP contribution in [-0.4, -0.2) is 15.9 Å². The number of nitrogens with zero attached hydrogens (tertiary/aromatic N) is 3. The number of aromatic nitrogens is 2. The zero-order valence-electron chi connectivity index (χ0n) is 12.0. The Morgan fingerprint density at radius 3 is 2.14 bits per heavy atom. The summed E-state index contributed by atoms with van der Waals surface area (Å²) < 4.78 is 0. The second kappa shape index (κ2) is 6.63. The summed E-state index contributed by atoms with van der Waals surface area (Å²) in [4.78, 5) is 22.9. The average molecular weight is 289 g/mol. The Bertz CT molecular complexity index is 730. The van der Waals surface area contributed by atoms with Gasteiger partial charge in [-0.05, 0) is 29.8 Å². The van der Waals surface area contributed by atoms with Crippen molar-refractivity contribution in [3.05, 3.63) is 90.4 Å². The van der Waals surface area contributed by atoms with E-state index in [4.69, 9.17) is 0 Å². The Labute approximate surface area is 129 Å². The molecule has 22 heavy (non-hydrogen) atoms. The molecule has 4 heteroatoms. The van der Waals surface area contributed by atoms with Crippen molar-refractivity contribution in [2.45, 2.75) is 6.54 Å². The fourth-order valence-corrected chi connectivity index (χ4v) is 2.16. The van der Waals surface area contributed by atoms with Crippen molar-refractivity contribution in [1.82, 2.24) is 9.97 Å². The smallest absolute Gasteiger partial charge is 0.278 e. The van der Waals surface area contributed by atoms with E-state index in [-0.39, 0.29) is 5.91 Å². The molecule has 0 aliphatic heterocycles. The lowest BCUT2D eigenvalue weighted by Gasteiger charge is -2.21. The first kappa shape index (κ1) is 13.9. The molecule has 0 saturated carbocycles. The second-order valence-corrected chi connectivity index (χ2v) is 4.78. The molecule has 0 spiro atoms. The molecule has 0 unspecified atom stereocenters. The Hall–Kier alpha value is -3.01. The van der Waals surface area contributed by atoms with Gasteiger partial charge >= 0.3 is 0 Å². The van der Waals surface area contributed by atoms with Crippen molar-refractivity contribution in [2.24, 2.45) is 0 Å². The number of rotatable bonds is 4. The molecular weight excluding hydrogens is 274 g/mol. The molecule has 0 fully saturated rings. The fraction of sp³-hybridized carbons (Fsp3) is 0.0556. The number of pyridine rings is 2. The number of anilines is 1. The van der Waals surface area contributed by atoms with Crippen LogP contribution in [0, 0.1) is 0 Å². The Kier molecular flexibility index (Phi) is 4.20. The molecule has 0 saturated heterocycles. The van der Waals surface area contributed by atoms with E-state index in [9.17, 15) is 4.79 Å². The van der Waals surface area contributed by atoms with Crippen LogP contribution in [0.3, 0.4) is 0 Å². The van der Waals surface area contributed by atoms with E-state index in [0.717, 1.165) is 5.56 Å². The van der Waals surface area contributed by atoms with Gasteiger partial charge in [-0.3, -0.25) is 14.7 Å². The molecule has 0 aliphatic rings. The van der Waals surface area contributed by atoms with E-state index in [0.29, 0.717) is 18.1 Å². The number of carbonyl (C=O) groups is 1. The highest BCUT2D eigenvalue weighted by atomic mass is 16.2. The first-order valence-electron chi connectivity index (χ1n) is 7.02. The van der Waals surface area contributed by atoms with Crippen LogP contribution in [0.2, 0.25) is 0 Å². The highest BCUT2D eigenvalue weighted by Crippen LogP contribution is 2.16. The highest BCUT2D eigenvalue weighted by Gasteiger charge is 2.19. The summed E-state index contributed by atoms with van der Waals surface area (Å²) in [5.74, 6) is 0.449. The number of hydrogen-bond donors (Lipinski definition) is 0. The Morgan fingerprint density at radius 2 is 1.50 bits per heavy atom. The highest BCUT2D eigenvalue weighted by molar-refractivity contribution is 6.04. The van der Waals surface area contributed by atoms with Crippen molar-refractivity contribution in [3.8, 4) is 0 Å². The lowest BCUT2D eigenvalue weighted by Crippen LogP contribution is -2.31. The molecule has 0 N–H and O–H groups in total. The van der Waals surface area contributed by atoms with Gasteiger partial charge in [-0.2, -0.15) is 0 Å². The van der Waals surface area contributed by atoms with Crippen LogP contribution < -0.4 is 4.90 Å². The van der Waals surface area contributed by atoms with Gasteiger partial charge in [0.05, 0.1) is 6.54 Å². The van der Waals surface area contributed by atoms with Gasteiger partial charge in [-0.1, -0.05) is 42.5 Å². The van der Waals surface area contributed by atoms with E-state index in [1.165, 1.54) is 0 Å². The van der Waals surface area contributed by atoms with Gasteiger partial charge in [0.1, 0.15) is 11.5 Å². The van der Waals surface area contributed by atoms with Crippen molar-refractivity contribution < 1.29 is 4.79 Å². The van der Waals surface area contributed by atoms with Crippen LogP contribution in [0.15, 0.2) is 79.1 Å². The van der Waals surface area contributed by atoms with E-state index in [1.807, 2.05) is 48.5 Å². The van der Waals surface area contributed by atoms with Crippen molar-refractivity contribution in [3.63, 3.8) is 0 Å². The molecule has 3 aromatic rings. The fourth-order valence-electron chi connectivity index (χ4n) is 2.16. The summed E-state index contributed by atoms with van der Waals surface area (Å²) in [7, 11) is 0. The monoisotopic (exact) mass is 289 g/mol. The molecule has 1 aromatic carbocycles. The van der Waals surface area contributed by atoms with Gasteiger partial charge in [-0.25, -0.2) is 4.98 Å². The van der Waals surface area contributed by atoms with Crippen molar-refractivity contribution in [1.29, 1.82) is 0 Å². The van der Waals surface area contributed by atoms with Gasteiger partial charge in [-0.15, -0.1) is 0 Å². The van der Waals surface area contributed by atoms with E-state index in [1.54, 1.807) is 35.5 Å². The number of amides is 1. The SMILES string of the molecule is O=C(c1ccccn1)N(Cc1ccccc1)c1ccccn1. The third-order valence-electron chi connectivity index (χ3n) is 3.24. The molecule has 108 valence electrons. The maximum absolute atomic E-state index is 12.8. The first-order chi connectivity index (χ1) is 10.8. The maximum Gasteiger partial charge on any atom is 0.278 e. The van der Waals surface area contributed by atoms with Gasteiger partial charge in [0.25, 0.3) is 5.91 Å². The topological polar surface area (TPSA) is 46.1 Å². The summed E-state index contributed by atoms with van der Waals surface area (Å²) in [6.07, 6.45) is 3.30. The molecule has 0 radical (unpaired) electrons. The van der Waals surface area contributed by atoms with Gasteiger partial charge in [0, 0.05) is 12.4 Å². The molecule has 2 aromatic heterocycles. The van der Waals surface area contributed by atoms with Crippen molar-refractivity contribution in [2.75, 3.05) is 4.90 Å². The van der Waals surface area contributed by atoms with Gasteiger partial charge in [0.15, 0.2) is 0 Å². The molecular formula is C18H15N3O. The van der Waals surface area contributed by atoms with Crippen LogP contribution in [-0.2, 0) is 6.54 Å². The number of carbonyl (C=O) groups excluding carboxylic acids is 1. The summed E-state index contributed by atoms with van der Waals surface area (Å²) >= 11 is 0. The molecule has 2 heterocycles. The standard InChI is InChI=1S/C18H15N3O/c22-18(16-10-4-6-12-19-16)21(17-11-5-7-13-20-17)14-15-8-2-1-3-9-15/h1-13H,14H2. The number of benzene rings is 1. The zero-order valence-corrected chi connectivity index (χ0v) is 12.0. The number of hydrogen-bond acceptors (Lipinski definition) is 3. The largest absolute Gasteiger partial charge is 0.287 e.